The van der Waals surface area contributed by atoms with Gasteiger partial charge in [0.1, 0.15) is 0 Å². The Labute approximate surface area is 64.0 Å². The molecular formula is C6H9NO4-2. The molecule has 0 aliphatic carbocycles. The van der Waals surface area contributed by atoms with Gasteiger partial charge in [0.2, 0.25) is 0 Å². The minimum absolute atomic E-state index is 0.0127. The number of rotatable bonds is 5. The van der Waals surface area contributed by atoms with Gasteiger partial charge in [-0.15, -0.1) is 0 Å². The van der Waals surface area contributed by atoms with Crippen molar-refractivity contribution in [3.63, 3.8) is 0 Å². The summed E-state index contributed by atoms with van der Waals surface area (Å²) in [6.07, 6.45) is -0.291. The molecule has 1 N–H and O–H groups in total. The highest BCUT2D eigenvalue weighted by Crippen LogP contribution is 1.93. The summed E-state index contributed by atoms with van der Waals surface area (Å²) in [7, 11) is 1.43. The summed E-state index contributed by atoms with van der Waals surface area (Å²) in [5.41, 5.74) is 0. The van der Waals surface area contributed by atoms with Gasteiger partial charge in [0.25, 0.3) is 0 Å². The molecule has 0 saturated carbocycles. The molecule has 0 fully saturated rings. The Kier molecular flexibility index (Phi) is 4.21. The van der Waals surface area contributed by atoms with Crippen LogP contribution in [-0.4, -0.2) is 25.0 Å². The summed E-state index contributed by atoms with van der Waals surface area (Å²) in [6, 6.07) is -0.909. The van der Waals surface area contributed by atoms with Gasteiger partial charge < -0.3 is 25.1 Å². The first-order valence-electron chi connectivity index (χ1n) is 3.16. The number of aliphatic carboxylic acids is 2. The standard InChI is InChI=1S/C6H11NO4/c1-7-4(6(10)11)2-3-5(8)9/h4,7H,2-3H2,1H3,(H,8,9)(H,10,11)/p-2. The number of nitrogens with one attached hydrogen (secondary N) is 1. The van der Waals surface area contributed by atoms with E-state index in [1.165, 1.54) is 7.05 Å². The Hall–Kier alpha value is -1.10. The van der Waals surface area contributed by atoms with Crippen molar-refractivity contribution >= 4 is 11.9 Å². The number of carbonyl (C=O) groups is 2. The molecule has 0 rings (SSSR count). The van der Waals surface area contributed by atoms with Gasteiger partial charge in [0.15, 0.2) is 0 Å². The first-order chi connectivity index (χ1) is 5.07. The Bertz CT molecular complexity index is 157. The second kappa shape index (κ2) is 4.68. The molecular weight excluding hydrogens is 150 g/mol. The predicted molar refractivity (Wildman–Crippen MR) is 32.1 cm³/mol. The smallest absolute Gasteiger partial charge is 0.0584 e. The van der Waals surface area contributed by atoms with E-state index in [4.69, 9.17) is 0 Å². The fourth-order valence-electron chi connectivity index (χ4n) is 0.642. The van der Waals surface area contributed by atoms with Crippen LogP contribution in [0.4, 0.5) is 0 Å². The number of carboxylic acids is 2. The maximum absolute atomic E-state index is 10.2. The van der Waals surface area contributed by atoms with Gasteiger partial charge in [-0.05, 0) is 19.9 Å². The lowest BCUT2D eigenvalue weighted by molar-refractivity contribution is -0.310. The molecule has 1 unspecified atom stereocenters. The minimum atomic E-state index is -1.30. The molecule has 64 valence electrons. The largest absolute Gasteiger partial charge is 0.550 e. The molecule has 0 aromatic rings. The lowest BCUT2D eigenvalue weighted by Gasteiger charge is -2.16. The molecule has 0 aliphatic rings. The van der Waals surface area contributed by atoms with Gasteiger partial charge in [-0.3, -0.25) is 0 Å². The van der Waals surface area contributed by atoms with Crippen LogP contribution in [0.3, 0.4) is 0 Å². The third-order valence-electron chi connectivity index (χ3n) is 1.27. The summed E-state index contributed by atoms with van der Waals surface area (Å²) >= 11 is 0. The van der Waals surface area contributed by atoms with E-state index in [1.54, 1.807) is 0 Å². The van der Waals surface area contributed by atoms with Crippen molar-refractivity contribution < 1.29 is 19.8 Å². The van der Waals surface area contributed by atoms with Crippen LogP contribution in [-0.2, 0) is 9.59 Å². The Morgan fingerprint density at radius 3 is 2.27 bits per heavy atom. The molecule has 0 heterocycles. The summed E-state index contributed by atoms with van der Waals surface area (Å²) < 4.78 is 0. The fraction of sp³-hybridized carbons (Fsp3) is 0.667. The molecule has 0 spiro atoms. The van der Waals surface area contributed by atoms with E-state index in [0.717, 1.165) is 0 Å². The van der Waals surface area contributed by atoms with Crippen molar-refractivity contribution in [2.24, 2.45) is 0 Å². The van der Waals surface area contributed by atoms with Crippen LogP contribution < -0.4 is 15.5 Å². The molecule has 0 aliphatic heterocycles. The van der Waals surface area contributed by atoms with Crippen molar-refractivity contribution in [2.75, 3.05) is 7.05 Å². The van der Waals surface area contributed by atoms with Gasteiger partial charge in [-0.2, -0.15) is 0 Å². The van der Waals surface area contributed by atoms with E-state index < -0.39 is 18.0 Å². The van der Waals surface area contributed by atoms with Gasteiger partial charge in [0.05, 0.1) is 5.97 Å². The van der Waals surface area contributed by atoms with Crippen LogP contribution in [0.5, 0.6) is 0 Å². The summed E-state index contributed by atoms with van der Waals surface area (Å²) in [4.78, 5) is 20.0. The number of likely N-dealkylation sites (N-methyl/N-ethyl adjacent to an activating group) is 1. The summed E-state index contributed by atoms with van der Waals surface area (Å²) in [5, 5.41) is 22.4. The molecule has 5 heteroatoms. The molecule has 0 saturated heterocycles. The Balaban J connectivity index is 3.70. The van der Waals surface area contributed by atoms with E-state index in [1.807, 2.05) is 0 Å². The van der Waals surface area contributed by atoms with Crippen molar-refractivity contribution in [1.29, 1.82) is 0 Å². The number of hydrogen-bond donors (Lipinski definition) is 1. The van der Waals surface area contributed by atoms with Gasteiger partial charge in [-0.25, -0.2) is 0 Å². The van der Waals surface area contributed by atoms with E-state index >= 15 is 0 Å². The van der Waals surface area contributed by atoms with Gasteiger partial charge in [0, 0.05) is 12.0 Å². The lowest BCUT2D eigenvalue weighted by atomic mass is 10.1. The SMILES string of the molecule is CNC(CCC(=O)[O-])C(=O)[O-]. The van der Waals surface area contributed by atoms with Crippen LogP contribution in [0.25, 0.3) is 0 Å². The summed E-state index contributed by atoms with van der Waals surface area (Å²) in [6.45, 7) is 0. The topological polar surface area (TPSA) is 92.3 Å². The van der Waals surface area contributed by atoms with E-state index in [9.17, 15) is 19.8 Å². The van der Waals surface area contributed by atoms with Crippen LogP contribution in [0.1, 0.15) is 12.8 Å². The van der Waals surface area contributed by atoms with Crippen molar-refractivity contribution in [3.8, 4) is 0 Å². The van der Waals surface area contributed by atoms with Crippen LogP contribution >= 0.6 is 0 Å². The molecule has 0 amide bonds. The van der Waals surface area contributed by atoms with Crippen molar-refractivity contribution in [3.05, 3.63) is 0 Å². The summed E-state index contributed by atoms with van der Waals surface area (Å²) in [5.74, 6) is -2.56. The monoisotopic (exact) mass is 159 g/mol. The van der Waals surface area contributed by atoms with Gasteiger partial charge in [-0.1, -0.05) is 0 Å². The quantitative estimate of drug-likeness (QED) is 0.457. The van der Waals surface area contributed by atoms with Crippen molar-refractivity contribution in [1.82, 2.24) is 5.32 Å². The molecule has 11 heavy (non-hydrogen) atoms. The first kappa shape index (κ1) is 9.90. The molecule has 0 aromatic heterocycles. The van der Waals surface area contributed by atoms with E-state index in [2.05, 4.69) is 5.32 Å². The highest BCUT2D eigenvalue weighted by Gasteiger charge is 2.05. The van der Waals surface area contributed by atoms with Crippen LogP contribution in [0.2, 0.25) is 0 Å². The zero-order valence-corrected chi connectivity index (χ0v) is 6.12. The second-order valence-corrected chi connectivity index (χ2v) is 2.07. The fourth-order valence-corrected chi connectivity index (χ4v) is 0.642. The minimum Gasteiger partial charge on any atom is -0.550 e. The van der Waals surface area contributed by atoms with Gasteiger partial charge >= 0.3 is 0 Å². The first-order valence-corrected chi connectivity index (χ1v) is 3.16. The average Bonchev–Trinajstić information content (AvgIpc) is 1.87. The molecule has 0 aromatic carbocycles. The van der Waals surface area contributed by atoms with E-state index in [-0.39, 0.29) is 12.8 Å². The predicted octanol–water partition coefficient (Wildman–Crippen LogP) is -3.15. The molecule has 0 radical (unpaired) electrons. The maximum atomic E-state index is 10.2. The Morgan fingerprint density at radius 1 is 1.45 bits per heavy atom. The molecule has 5 nitrogen and oxygen atoms in total. The Morgan fingerprint density at radius 2 is 2.00 bits per heavy atom. The van der Waals surface area contributed by atoms with Crippen LogP contribution in [0.15, 0.2) is 0 Å². The third-order valence-corrected chi connectivity index (χ3v) is 1.27. The number of carboxylic acid groups (broad SMARTS) is 2. The average molecular weight is 159 g/mol. The zero-order chi connectivity index (χ0) is 8.85. The normalized spacial score (nSPS) is 12.5. The maximum Gasteiger partial charge on any atom is 0.0584 e. The zero-order valence-electron chi connectivity index (χ0n) is 6.12. The third kappa shape index (κ3) is 4.32. The van der Waals surface area contributed by atoms with Crippen LogP contribution in [0, 0.1) is 0 Å². The number of carbonyl (C=O) groups excluding carboxylic acids is 2. The highest BCUT2D eigenvalue weighted by atomic mass is 16.4. The molecule has 1 atom stereocenters. The van der Waals surface area contributed by atoms with E-state index in [0.29, 0.717) is 0 Å². The highest BCUT2D eigenvalue weighted by molar-refractivity contribution is 5.72. The lowest BCUT2D eigenvalue weighted by Crippen LogP contribution is -2.44. The number of hydrogen-bond acceptors (Lipinski definition) is 5. The second-order valence-electron chi connectivity index (χ2n) is 2.07. The van der Waals surface area contributed by atoms with Crippen molar-refractivity contribution in [2.45, 2.75) is 18.9 Å². The molecule has 0 bridgehead atoms.